The Morgan fingerprint density at radius 3 is 2.67 bits per heavy atom. The van der Waals surface area contributed by atoms with Gasteiger partial charge in [0.1, 0.15) is 0 Å². The van der Waals surface area contributed by atoms with Crippen LogP contribution in [-0.2, 0) is 0 Å². The minimum Gasteiger partial charge on any atom is -0.338 e. The van der Waals surface area contributed by atoms with Gasteiger partial charge in [-0.25, -0.2) is 0 Å². The van der Waals surface area contributed by atoms with Gasteiger partial charge in [-0.2, -0.15) is 0 Å². The fourth-order valence-corrected chi connectivity index (χ4v) is 1.88. The quantitative estimate of drug-likeness (QED) is 0.677. The van der Waals surface area contributed by atoms with Crippen molar-refractivity contribution in [3.05, 3.63) is 38.3 Å². The molecule has 0 aliphatic heterocycles. The minimum absolute atomic E-state index is 0.0621. The first kappa shape index (κ1) is 14.6. The molecule has 18 heavy (non-hydrogen) atoms. The molecule has 2 N–H and O–H groups in total. The highest BCUT2D eigenvalue weighted by Gasteiger charge is 2.20. The molecule has 0 saturated carbocycles. The summed E-state index contributed by atoms with van der Waals surface area (Å²) in [7, 11) is 1.65. The van der Waals surface area contributed by atoms with E-state index < -0.39 is 4.92 Å². The molecule has 1 rings (SSSR count). The SMILES string of the molecule is CC(CN)N(C)C(=O)c1ccc([N+](=O)[O-])cc1Br. The Bertz CT molecular complexity index is 479. The molecule has 1 atom stereocenters. The normalized spacial score (nSPS) is 12.0. The van der Waals surface area contributed by atoms with Crippen LogP contribution in [0, 0.1) is 10.1 Å². The number of nitro groups is 1. The minimum atomic E-state index is -0.509. The second kappa shape index (κ2) is 5.92. The van der Waals surface area contributed by atoms with Crippen molar-refractivity contribution in [3.8, 4) is 0 Å². The van der Waals surface area contributed by atoms with Crippen molar-refractivity contribution in [1.29, 1.82) is 0 Å². The fraction of sp³-hybridized carbons (Fsp3) is 0.364. The van der Waals surface area contributed by atoms with E-state index >= 15 is 0 Å². The van der Waals surface area contributed by atoms with E-state index in [0.29, 0.717) is 16.6 Å². The number of nitrogens with two attached hydrogens (primary N) is 1. The van der Waals surface area contributed by atoms with Crippen molar-refractivity contribution in [2.75, 3.05) is 13.6 Å². The lowest BCUT2D eigenvalue weighted by Crippen LogP contribution is -2.39. The highest BCUT2D eigenvalue weighted by atomic mass is 79.9. The van der Waals surface area contributed by atoms with Crippen LogP contribution in [0.2, 0.25) is 0 Å². The Morgan fingerprint density at radius 2 is 2.22 bits per heavy atom. The van der Waals surface area contributed by atoms with E-state index in [1.165, 1.54) is 23.1 Å². The molecule has 0 heterocycles. The van der Waals surface area contributed by atoms with Crippen molar-refractivity contribution in [2.45, 2.75) is 13.0 Å². The number of nitrogens with zero attached hydrogens (tertiary/aromatic N) is 2. The Kier molecular flexibility index (Phi) is 4.80. The molecule has 1 amide bonds. The van der Waals surface area contributed by atoms with Crippen molar-refractivity contribution in [1.82, 2.24) is 4.90 Å². The van der Waals surface area contributed by atoms with Crippen molar-refractivity contribution >= 4 is 27.5 Å². The summed E-state index contributed by atoms with van der Waals surface area (Å²) in [5, 5.41) is 10.6. The van der Waals surface area contributed by atoms with Gasteiger partial charge in [-0.15, -0.1) is 0 Å². The number of hydrogen-bond acceptors (Lipinski definition) is 4. The van der Waals surface area contributed by atoms with E-state index in [9.17, 15) is 14.9 Å². The lowest BCUT2D eigenvalue weighted by atomic mass is 10.1. The van der Waals surface area contributed by atoms with Crippen LogP contribution in [-0.4, -0.2) is 35.4 Å². The molecule has 98 valence electrons. The van der Waals surface area contributed by atoms with Gasteiger partial charge in [0.25, 0.3) is 11.6 Å². The molecule has 0 saturated heterocycles. The maximum atomic E-state index is 12.1. The van der Waals surface area contributed by atoms with Crippen molar-refractivity contribution in [2.24, 2.45) is 5.73 Å². The highest BCUT2D eigenvalue weighted by Crippen LogP contribution is 2.24. The van der Waals surface area contributed by atoms with E-state index in [1.807, 2.05) is 6.92 Å². The summed E-state index contributed by atoms with van der Waals surface area (Å²) in [4.78, 5) is 23.7. The Morgan fingerprint density at radius 1 is 1.61 bits per heavy atom. The van der Waals surface area contributed by atoms with Gasteiger partial charge in [0.05, 0.1) is 10.5 Å². The van der Waals surface area contributed by atoms with Crippen LogP contribution in [0.15, 0.2) is 22.7 Å². The van der Waals surface area contributed by atoms with Gasteiger partial charge < -0.3 is 10.6 Å². The Hall–Kier alpha value is -1.47. The number of halogens is 1. The predicted octanol–water partition coefficient (Wildman–Crippen LogP) is 1.78. The fourth-order valence-electron chi connectivity index (χ4n) is 1.34. The summed E-state index contributed by atoms with van der Waals surface area (Å²) in [5.41, 5.74) is 5.81. The Balaban J connectivity index is 3.04. The summed E-state index contributed by atoms with van der Waals surface area (Å²) in [6.07, 6.45) is 0. The van der Waals surface area contributed by atoms with Gasteiger partial charge in [-0.1, -0.05) is 0 Å². The Labute approximate surface area is 113 Å². The third-order valence-corrected chi connectivity index (χ3v) is 3.37. The van der Waals surface area contributed by atoms with Crippen molar-refractivity contribution in [3.63, 3.8) is 0 Å². The van der Waals surface area contributed by atoms with Crippen LogP contribution in [0.25, 0.3) is 0 Å². The largest absolute Gasteiger partial charge is 0.338 e. The topological polar surface area (TPSA) is 89.5 Å². The van der Waals surface area contributed by atoms with E-state index in [1.54, 1.807) is 7.05 Å². The van der Waals surface area contributed by atoms with Gasteiger partial charge in [-0.05, 0) is 28.9 Å². The molecular weight excluding hydrogens is 302 g/mol. The standard InChI is InChI=1S/C11H14BrN3O3/c1-7(6-13)14(2)11(16)9-4-3-8(15(17)18)5-10(9)12/h3-5,7H,6,13H2,1-2H3. The number of rotatable bonds is 4. The van der Waals surface area contributed by atoms with Crippen LogP contribution in [0.5, 0.6) is 0 Å². The van der Waals surface area contributed by atoms with Crippen molar-refractivity contribution < 1.29 is 9.72 Å². The van der Waals surface area contributed by atoms with Crippen LogP contribution in [0.3, 0.4) is 0 Å². The number of carbonyl (C=O) groups excluding carboxylic acids is 1. The number of benzene rings is 1. The van der Waals surface area contributed by atoms with Gasteiger partial charge in [-0.3, -0.25) is 14.9 Å². The third kappa shape index (κ3) is 3.05. The van der Waals surface area contributed by atoms with Gasteiger partial charge in [0, 0.05) is 36.2 Å². The second-order valence-electron chi connectivity index (χ2n) is 3.92. The molecule has 1 aromatic rings. The number of amides is 1. The molecule has 0 spiro atoms. The number of non-ortho nitro benzene ring substituents is 1. The molecule has 0 aliphatic carbocycles. The average Bonchev–Trinajstić information content (AvgIpc) is 2.35. The summed E-state index contributed by atoms with van der Waals surface area (Å²) in [5.74, 6) is -0.227. The number of nitro benzene ring substituents is 1. The summed E-state index contributed by atoms with van der Waals surface area (Å²) < 4.78 is 0.401. The lowest BCUT2D eigenvalue weighted by molar-refractivity contribution is -0.384. The van der Waals surface area contributed by atoms with E-state index in [-0.39, 0.29) is 17.6 Å². The number of hydrogen-bond donors (Lipinski definition) is 1. The highest BCUT2D eigenvalue weighted by molar-refractivity contribution is 9.10. The molecule has 1 aromatic carbocycles. The first-order valence-electron chi connectivity index (χ1n) is 5.29. The van der Waals surface area contributed by atoms with Gasteiger partial charge in [0.15, 0.2) is 0 Å². The molecule has 0 aliphatic rings. The molecule has 0 aromatic heterocycles. The van der Waals surface area contributed by atoms with E-state index in [0.717, 1.165) is 0 Å². The second-order valence-corrected chi connectivity index (χ2v) is 4.78. The van der Waals surface area contributed by atoms with Crippen LogP contribution in [0.1, 0.15) is 17.3 Å². The molecule has 0 radical (unpaired) electrons. The molecule has 0 bridgehead atoms. The molecule has 6 nitrogen and oxygen atoms in total. The van der Waals surface area contributed by atoms with E-state index in [2.05, 4.69) is 15.9 Å². The molecule has 7 heteroatoms. The zero-order valence-electron chi connectivity index (χ0n) is 10.1. The smallest absolute Gasteiger partial charge is 0.270 e. The first-order valence-corrected chi connectivity index (χ1v) is 6.09. The van der Waals surface area contributed by atoms with Gasteiger partial charge in [0.2, 0.25) is 0 Å². The van der Waals surface area contributed by atoms with Crippen LogP contribution < -0.4 is 5.73 Å². The van der Waals surface area contributed by atoms with E-state index in [4.69, 9.17) is 5.73 Å². The first-order chi connectivity index (χ1) is 8.38. The summed E-state index contributed by atoms with van der Waals surface area (Å²) in [6.45, 7) is 2.18. The zero-order valence-corrected chi connectivity index (χ0v) is 11.7. The average molecular weight is 316 g/mol. The van der Waals surface area contributed by atoms with Gasteiger partial charge >= 0.3 is 0 Å². The molecular formula is C11H14BrN3O3. The monoisotopic (exact) mass is 315 g/mol. The van der Waals surface area contributed by atoms with Crippen LogP contribution in [0.4, 0.5) is 5.69 Å². The van der Waals surface area contributed by atoms with Crippen LogP contribution >= 0.6 is 15.9 Å². The predicted molar refractivity (Wildman–Crippen MR) is 71.4 cm³/mol. The third-order valence-electron chi connectivity index (χ3n) is 2.72. The molecule has 0 fully saturated rings. The maximum absolute atomic E-state index is 12.1. The lowest BCUT2D eigenvalue weighted by Gasteiger charge is -2.24. The number of carbonyl (C=O) groups is 1. The summed E-state index contributed by atoms with van der Waals surface area (Å²) >= 11 is 3.17. The number of likely N-dealkylation sites (N-methyl/N-ethyl adjacent to an activating group) is 1. The summed E-state index contributed by atoms with van der Waals surface area (Å²) in [6, 6.07) is 3.96. The maximum Gasteiger partial charge on any atom is 0.270 e. The molecule has 1 unspecified atom stereocenters. The zero-order chi connectivity index (χ0) is 13.9.